The molecule has 0 saturated heterocycles. The van der Waals surface area contributed by atoms with Crippen molar-refractivity contribution < 1.29 is 4.79 Å². The lowest BCUT2D eigenvalue weighted by molar-refractivity contribution is -0.122. The lowest BCUT2D eigenvalue weighted by Crippen LogP contribution is -2.37. The van der Waals surface area contributed by atoms with Gasteiger partial charge in [0.1, 0.15) is 6.54 Å². The van der Waals surface area contributed by atoms with Crippen LogP contribution in [0.25, 0.3) is 0 Å². The van der Waals surface area contributed by atoms with Crippen molar-refractivity contribution in [2.24, 2.45) is 0 Å². The van der Waals surface area contributed by atoms with E-state index in [-0.39, 0.29) is 12.5 Å². The fourth-order valence-electron chi connectivity index (χ4n) is 3.22. The van der Waals surface area contributed by atoms with Crippen molar-refractivity contribution >= 4 is 5.91 Å². The van der Waals surface area contributed by atoms with E-state index in [0.717, 1.165) is 12.8 Å². The Morgan fingerprint density at radius 1 is 1.21 bits per heavy atom. The molecule has 0 aliphatic heterocycles. The number of tetrazole rings is 1. The summed E-state index contributed by atoms with van der Waals surface area (Å²) in [5.74, 6) is 0.619. The number of nitrogens with zero attached hydrogens (tertiary/aromatic N) is 4. The van der Waals surface area contributed by atoms with Gasteiger partial charge in [-0.2, -0.15) is 4.80 Å². The topological polar surface area (TPSA) is 72.7 Å². The molecule has 0 unspecified atom stereocenters. The van der Waals surface area contributed by atoms with Gasteiger partial charge in [-0.25, -0.2) is 0 Å². The van der Waals surface area contributed by atoms with Crippen LogP contribution in [0.4, 0.5) is 0 Å². The molecule has 1 aromatic carbocycles. The average Bonchev–Trinajstić information content (AvgIpc) is 2.83. The van der Waals surface area contributed by atoms with Crippen molar-refractivity contribution in [1.82, 2.24) is 25.5 Å². The third-order valence-corrected chi connectivity index (χ3v) is 4.61. The maximum Gasteiger partial charge on any atom is 0.243 e. The van der Waals surface area contributed by atoms with Gasteiger partial charge < -0.3 is 5.32 Å². The molecule has 1 aromatic heterocycles. The highest BCUT2D eigenvalue weighted by Gasteiger charge is 2.16. The summed E-state index contributed by atoms with van der Waals surface area (Å²) in [6.45, 7) is 2.21. The molecule has 0 radical (unpaired) electrons. The molecule has 0 atom stereocenters. The molecule has 1 N–H and O–H groups in total. The van der Waals surface area contributed by atoms with Gasteiger partial charge in [0.15, 0.2) is 5.82 Å². The van der Waals surface area contributed by atoms with Gasteiger partial charge in [0.25, 0.3) is 0 Å². The zero-order valence-corrected chi connectivity index (χ0v) is 14.2. The number of rotatable bonds is 5. The van der Waals surface area contributed by atoms with Crippen molar-refractivity contribution in [3.8, 4) is 0 Å². The highest BCUT2D eigenvalue weighted by atomic mass is 16.2. The molecule has 128 valence electrons. The molecule has 1 saturated carbocycles. The summed E-state index contributed by atoms with van der Waals surface area (Å²) in [7, 11) is 0. The Hall–Kier alpha value is -2.24. The maximum absolute atomic E-state index is 12.2. The number of carbonyl (C=O) groups excluding carboxylic acids is 1. The van der Waals surface area contributed by atoms with Gasteiger partial charge >= 0.3 is 0 Å². The summed E-state index contributed by atoms with van der Waals surface area (Å²) < 4.78 is 0. The fraction of sp³-hybridized carbons (Fsp3) is 0.556. The highest BCUT2D eigenvalue weighted by molar-refractivity contribution is 5.75. The monoisotopic (exact) mass is 327 g/mol. The van der Waals surface area contributed by atoms with Gasteiger partial charge in [0.05, 0.1) is 0 Å². The van der Waals surface area contributed by atoms with Crippen LogP contribution in [0.5, 0.6) is 0 Å². The molecule has 0 spiro atoms. The molecule has 24 heavy (non-hydrogen) atoms. The van der Waals surface area contributed by atoms with E-state index < -0.39 is 0 Å². The molecule has 1 fully saturated rings. The molecule has 3 rings (SSSR count). The molecule has 1 aliphatic rings. The van der Waals surface area contributed by atoms with Crippen molar-refractivity contribution in [3.63, 3.8) is 0 Å². The molecular formula is C18H25N5O. The Kier molecular flexibility index (Phi) is 5.56. The molecule has 2 aromatic rings. The number of carbonyl (C=O) groups is 1. The van der Waals surface area contributed by atoms with Crippen LogP contribution in [0.1, 0.15) is 55.5 Å². The normalized spacial score (nSPS) is 15.9. The predicted molar refractivity (Wildman–Crippen MR) is 91.4 cm³/mol. The van der Waals surface area contributed by atoms with E-state index in [2.05, 4.69) is 39.8 Å². The first-order valence-corrected chi connectivity index (χ1v) is 8.81. The number of benzene rings is 1. The second kappa shape index (κ2) is 8.04. The highest BCUT2D eigenvalue weighted by Crippen LogP contribution is 2.17. The summed E-state index contributed by atoms with van der Waals surface area (Å²) >= 11 is 0. The van der Waals surface area contributed by atoms with E-state index >= 15 is 0 Å². The lowest BCUT2D eigenvalue weighted by atomic mass is 10.1. The number of aryl methyl sites for hydroxylation is 1. The van der Waals surface area contributed by atoms with E-state index in [0.29, 0.717) is 18.3 Å². The Morgan fingerprint density at radius 2 is 1.96 bits per heavy atom. The van der Waals surface area contributed by atoms with Gasteiger partial charge in [-0.15, -0.1) is 10.2 Å². The van der Waals surface area contributed by atoms with Crippen molar-refractivity contribution in [2.45, 2.75) is 64.5 Å². The lowest BCUT2D eigenvalue weighted by Gasteiger charge is -2.15. The van der Waals surface area contributed by atoms with Gasteiger partial charge in [0, 0.05) is 12.5 Å². The van der Waals surface area contributed by atoms with Gasteiger partial charge in [-0.1, -0.05) is 49.9 Å². The summed E-state index contributed by atoms with van der Waals surface area (Å²) in [5.41, 5.74) is 2.39. The minimum atomic E-state index is -0.0262. The third kappa shape index (κ3) is 4.63. The van der Waals surface area contributed by atoms with Gasteiger partial charge in [-0.3, -0.25) is 4.79 Å². The molecule has 6 heteroatoms. The molecule has 1 aliphatic carbocycles. The van der Waals surface area contributed by atoms with E-state index in [4.69, 9.17) is 0 Å². The molecule has 6 nitrogen and oxygen atoms in total. The second-order valence-electron chi connectivity index (χ2n) is 6.60. The Bertz CT molecular complexity index is 674. The number of aromatic nitrogens is 4. The zero-order chi connectivity index (χ0) is 16.8. The van der Waals surface area contributed by atoms with Crippen molar-refractivity contribution in [2.75, 3.05) is 0 Å². The van der Waals surface area contributed by atoms with Crippen LogP contribution in [-0.4, -0.2) is 32.2 Å². The molecule has 1 heterocycles. The van der Waals surface area contributed by atoms with Crippen molar-refractivity contribution in [1.29, 1.82) is 0 Å². The number of nitrogens with one attached hydrogen (secondary N) is 1. The predicted octanol–water partition coefficient (Wildman–Crippen LogP) is 2.41. The molecular weight excluding hydrogens is 302 g/mol. The van der Waals surface area contributed by atoms with Crippen molar-refractivity contribution in [3.05, 3.63) is 41.2 Å². The van der Waals surface area contributed by atoms with Crippen LogP contribution < -0.4 is 5.32 Å². The van der Waals surface area contributed by atoms with Crippen LogP contribution in [0.2, 0.25) is 0 Å². The van der Waals surface area contributed by atoms with E-state index in [1.807, 2.05) is 12.1 Å². The largest absolute Gasteiger partial charge is 0.352 e. The summed E-state index contributed by atoms with van der Waals surface area (Å²) in [4.78, 5) is 13.6. The minimum Gasteiger partial charge on any atom is -0.352 e. The fourth-order valence-corrected chi connectivity index (χ4v) is 3.22. The molecule has 1 amide bonds. The summed E-state index contributed by atoms with van der Waals surface area (Å²) in [6, 6.07) is 8.46. The SMILES string of the molecule is Cc1ccccc1Cc1nnn(CC(=O)NC2CCCCCC2)n1. The van der Waals surface area contributed by atoms with E-state index in [1.54, 1.807) is 0 Å². The van der Waals surface area contributed by atoms with Crippen LogP contribution in [0, 0.1) is 6.92 Å². The smallest absolute Gasteiger partial charge is 0.243 e. The molecule has 0 bridgehead atoms. The van der Waals surface area contributed by atoms with E-state index in [1.165, 1.54) is 41.6 Å². The first-order valence-electron chi connectivity index (χ1n) is 8.81. The zero-order valence-electron chi connectivity index (χ0n) is 14.2. The Morgan fingerprint density at radius 3 is 2.71 bits per heavy atom. The average molecular weight is 327 g/mol. The van der Waals surface area contributed by atoms with Crippen LogP contribution in [0.15, 0.2) is 24.3 Å². The third-order valence-electron chi connectivity index (χ3n) is 4.61. The van der Waals surface area contributed by atoms with Gasteiger partial charge in [0.2, 0.25) is 5.91 Å². The first kappa shape index (κ1) is 16.6. The Labute approximate surface area is 142 Å². The number of amides is 1. The maximum atomic E-state index is 12.2. The number of hydrogen-bond donors (Lipinski definition) is 1. The summed E-state index contributed by atoms with van der Waals surface area (Å²) in [5, 5.41) is 15.5. The number of hydrogen-bond acceptors (Lipinski definition) is 4. The second-order valence-corrected chi connectivity index (χ2v) is 6.60. The van der Waals surface area contributed by atoms with E-state index in [9.17, 15) is 4.79 Å². The standard InChI is InChI=1S/C18H25N5O/c1-14-8-6-7-9-15(14)12-17-20-22-23(21-17)13-18(24)19-16-10-4-2-3-5-11-16/h6-9,16H,2-5,10-13H2,1H3,(H,19,24). The van der Waals surface area contributed by atoms with Crippen LogP contribution in [0.3, 0.4) is 0 Å². The van der Waals surface area contributed by atoms with Gasteiger partial charge in [-0.05, 0) is 36.1 Å². The minimum absolute atomic E-state index is 0.0262. The van der Waals surface area contributed by atoms with Crippen LogP contribution >= 0.6 is 0 Å². The van der Waals surface area contributed by atoms with Crippen LogP contribution in [-0.2, 0) is 17.8 Å². The quantitative estimate of drug-likeness (QED) is 0.856. The Balaban J connectivity index is 1.53. The first-order chi connectivity index (χ1) is 11.7. The summed E-state index contributed by atoms with van der Waals surface area (Å²) in [6.07, 6.45) is 7.75.